The summed E-state index contributed by atoms with van der Waals surface area (Å²) >= 11 is 0. The molecule has 0 spiro atoms. The van der Waals surface area contributed by atoms with Gasteiger partial charge in [0.15, 0.2) is 0 Å². The van der Waals surface area contributed by atoms with Gasteiger partial charge in [0, 0.05) is 0 Å². The number of benzene rings is 1. The summed E-state index contributed by atoms with van der Waals surface area (Å²) in [7, 11) is 0. The van der Waals surface area contributed by atoms with E-state index in [1.165, 1.54) is 19.3 Å². The second kappa shape index (κ2) is 6.23. The second-order valence-corrected chi connectivity index (χ2v) is 5.97. The molecule has 1 atom stereocenters. The molecule has 0 radical (unpaired) electrons. The lowest BCUT2D eigenvalue weighted by atomic mass is 9.94. The lowest BCUT2D eigenvalue weighted by Crippen LogP contribution is -1.99. The van der Waals surface area contributed by atoms with Crippen LogP contribution in [0.2, 0.25) is 0 Å². The number of hydrogen-bond acceptors (Lipinski definition) is 0. The van der Waals surface area contributed by atoms with Crippen LogP contribution < -0.4 is 0 Å². The highest BCUT2D eigenvalue weighted by molar-refractivity contribution is 5.29. The van der Waals surface area contributed by atoms with Crippen LogP contribution >= 0.6 is 0 Å². The molecule has 0 amide bonds. The van der Waals surface area contributed by atoms with Crippen LogP contribution in [0.25, 0.3) is 0 Å². The van der Waals surface area contributed by atoms with E-state index in [4.69, 9.17) is 0 Å². The van der Waals surface area contributed by atoms with Gasteiger partial charge < -0.3 is 0 Å². The van der Waals surface area contributed by atoms with Crippen molar-refractivity contribution in [1.29, 1.82) is 0 Å². The summed E-state index contributed by atoms with van der Waals surface area (Å²) in [4.78, 5) is 0. The van der Waals surface area contributed by atoms with Gasteiger partial charge in [0.25, 0.3) is 0 Å². The van der Waals surface area contributed by atoms with Crippen molar-refractivity contribution in [1.82, 2.24) is 0 Å². The molecule has 0 heteroatoms. The molecule has 1 unspecified atom stereocenters. The van der Waals surface area contributed by atoms with E-state index in [0.717, 1.165) is 11.8 Å². The Kier molecular flexibility index (Phi) is 5.24. The van der Waals surface area contributed by atoms with Gasteiger partial charge in [0.1, 0.15) is 0 Å². The summed E-state index contributed by atoms with van der Waals surface area (Å²) in [5.74, 6) is 1.68. The first-order chi connectivity index (χ1) is 8.05. The van der Waals surface area contributed by atoms with E-state index in [1.807, 2.05) is 0 Å². The molecule has 0 heterocycles. The Morgan fingerprint density at radius 2 is 1.53 bits per heavy atom. The molecule has 0 N–H and O–H groups in total. The van der Waals surface area contributed by atoms with E-state index < -0.39 is 0 Å². The quantitative estimate of drug-likeness (QED) is 0.632. The third kappa shape index (κ3) is 3.87. The van der Waals surface area contributed by atoms with Crippen molar-refractivity contribution in [3.05, 3.63) is 35.9 Å². The molecule has 0 saturated heterocycles. The molecule has 17 heavy (non-hydrogen) atoms. The number of rotatable bonds is 3. The van der Waals surface area contributed by atoms with Crippen LogP contribution in [0.5, 0.6) is 0 Å². The second-order valence-electron chi connectivity index (χ2n) is 5.97. The normalized spacial score (nSPS) is 20.7. The SMILES string of the molecule is CC(C)C.CCC1(CC)CC1c1ccccc1. The van der Waals surface area contributed by atoms with Crippen molar-refractivity contribution < 1.29 is 0 Å². The van der Waals surface area contributed by atoms with Gasteiger partial charge in [0.2, 0.25) is 0 Å². The third-order valence-electron chi connectivity index (χ3n) is 3.80. The highest BCUT2D eigenvalue weighted by Crippen LogP contribution is 2.63. The van der Waals surface area contributed by atoms with E-state index in [9.17, 15) is 0 Å². The third-order valence-corrected chi connectivity index (χ3v) is 3.80. The first-order valence-electron chi connectivity index (χ1n) is 7.10. The van der Waals surface area contributed by atoms with Gasteiger partial charge >= 0.3 is 0 Å². The minimum atomic E-state index is 0.654. The van der Waals surface area contributed by atoms with Gasteiger partial charge in [-0.2, -0.15) is 0 Å². The van der Waals surface area contributed by atoms with E-state index in [2.05, 4.69) is 65.0 Å². The maximum atomic E-state index is 2.33. The molecule has 0 nitrogen and oxygen atoms in total. The van der Waals surface area contributed by atoms with Crippen LogP contribution in [0.1, 0.15) is 65.4 Å². The minimum Gasteiger partial charge on any atom is -0.0648 e. The molecule has 1 aromatic carbocycles. The summed E-state index contributed by atoms with van der Waals surface area (Å²) in [6.45, 7) is 11.2. The first-order valence-corrected chi connectivity index (χ1v) is 7.10. The van der Waals surface area contributed by atoms with E-state index in [-0.39, 0.29) is 0 Å². The smallest absolute Gasteiger partial charge is 0.00998 e. The maximum Gasteiger partial charge on any atom is -0.00998 e. The average Bonchev–Trinajstić information content (AvgIpc) is 3.05. The van der Waals surface area contributed by atoms with Crippen molar-refractivity contribution in [2.45, 2.75) is 59.8 Å². The summed E-state index contributed by atoms with van der Waals surface area (Å²) in [5.41, 5.74) is 2.20. The molecular weight excluding hydrogens is 204 g/mol. The predicted molar refractivity (Wildman–Crippen MR) is 77.3 cm³/mol. The molecule has 1 aromatic rings. The van der Waals surface area contributed by atoms with Crippen LogP contribution in [0.4, 0.5) is 0 Å². The lowest BCUT2D eigenvalue weighted by molar-refractivity contribution is 0.455. The highest BCUT2D eigenvalue weighted by atomic mass is 14.5. The molecule has 0 aliphatic heterocycles. The fraction of sp³-hybridized carbons (Fsp3) is 0.647. The van der Waals surface area contributed by atoms with E-state index in [0.29, 0.717) is 5.41 Å². The Hall–Kier alpha value is -0.780. The predicted octanol–water partition coefficient (Wildman–Crippen LogP) is 5.64. The lowest BCUT2D eigenvalue weighted by Gasteiger charge is -2.11. The Balaban J connectivity index is 0.000000317. The van der Waals surface area contributed by atoms with Crippen LogP contribution in [0, 0.1) is 11.3 Å². The van der Waals surface area contributed by atoms with Crippen LogP contribution in [-0.2, 0) is 0 Å². The minimum absolute atomic E-state index is 0.654. The molecule has 2 rings (SSSR count). The molecule has 96 valence electrons. The Labute approximate surface area is 107 Å². The van der Waals surface area contributed by atoms with Gasteiger partial charge in [-0.05, 0) is 42.1 Å². The summed E-state index contributed by atoms with van der Waals surface area (Å²) in [6.07, 6.45) is 4.08. The highest BCUT2D eigenvalue weighted by Gasteiger charge is 2.51. The number of hydrogen-bond donors (Lipinski definition) is 0. The Morgan fingerprint density at radius 1 is 1.06 bits per heavy atom. The van der Waals surface area contributed by atoms with Crippen molar-refractivity contribution in [2.75, 3.05) is 0 Å². The molecule has 1 fully saturated rings. The summed E-state index contributed by atoms with van der Waals surface area (Å²) in [5, 5.41) is 0. The molecule has 0 aromatic heterocycles. The maximum absolute atomic E-state index is 2.33. The molecule has 1 aliphatic rings. The fourth-order valence-corrected chi connectivity index (χ4v) is 2.54. The van der Waals surface area contributed by atoms with Crippen molar-refractivity contribution >= 4 is 0 Å². The van der Waals surface area contributed by atoms with E-state index >= 15 is 0 Å². The van der Waals surface area contributed by atoms with Gasteiger partial charge in [-0.25, -0.2) is 0 Å². The van der Waals surface area contributed by atoms with Crippen molar-refractivity contribution in [2.24, 2.45) is 11.3 Å². The zero-order valence-electron chi connectivity index (χ0n) is 12.2. The summed E-state index contributed by atoms with van der Waals surface area (Å²) < 4.78 is 0. The summed E-state index contributed by atoms with van der Waals surface area (Å²) in [6, 6.07) is 11.0. The van der Waals surface area contributed by atoms with Crippen molar-refractivity contribution in [3.8, 4) is 0 Å². The van der Waals surface area contributed by atoms with Gasteiger partial charge in [-0.3, -0.25) is 0 Å². The van der Waals surface area contributed by atoms with E-state index in [1.54, 1.807) is 5.56 Å². The topological polar surface area (TPSA) is 0 Å². The molecular formula is C17H28. The molecule has 1 saturated carbocycles. The zero-order chi connectivity index (χ0) is 12.9. The van der Waals surface area contributed by atoms with Crippen LogP contribution in [0.3, 0.4) is 0 Å². The van der Waals surface area contributed by atoms with Crippen LogP contribution in [-0.4, -0.2) is 0 Å². The molecule has 0 bridgehead atoms. The zero-order valence-corrected chi connectivity index (χ0v) is 12.2. The first kappa shape index (κ1) is 14.3. The Bertz CT molecular complexity index is 303. The average molecular weight is 232 g/mol. The Morgan fingerprint density at radius 3 is 1.88 bits per heavy atom. The monoisotopic (exact) mass is 232 g/mol. The molecule has 1 aliphatic carbocycles. The largest absolute Gasteiger partial charge is 0.0648 e. The standard InChI is InChI=1S/C13H18.C4H10/c1-3-13(4-2)10-12(13)11-8-6-5-7-9-11;1-4(2)3/h5-9,12H,3-4,10H2,1-2H3;4H,1-3H3. The van der Waals surface area contributed by atoms with Gasteiger partial charge in [0.05, 0.1) is 0 Å². The van der Waals surface area contributed by atoms with Gasteiger partial charge in [-0.1, -0.05) is 65.0 Å². The van der Waals surface area contributed by atoms with Crippen molar-refractivity contribution in [3.63, 3.8) is 0 Å². The fourth-order valence-electron chi connectivity index (χ4n) is 2.54. The van der Waals surface area contributed by atoms with Gasteiger partial charge in [-0.15, -0.1) is 0 Å². The van der Waals surface area contributed by atoms with Crippen LogP contribution in [0.15, 0.2) is 30.3 Å².